The molecular weight excluding hydrogens is 1000 g/mol. The summed E-state index contributed by atoms with van der Waals surface area (Å²) in [5, 5.41) is 9.82. The highest BCUT2D eigenvalue weighted by Crippen LogP contribution is 2.43. The van der Waals surface area contributed by atoms with Crippen LogP contribution in [0.2, 0.25) is 0 Å². The third kappa shape index (κ3) is 56.1. The monoisotopic (exact) mass is 1100 g/mol. The molecule has 78 heavy (non-hydrogen) atoms. The van der Waals surface area contributed by atoms with E-state index in [-0.39, 0.29) is 25.9 Å². The molecule has 0 aromatic rings. The summed E-state index contributed by atoms with van der Waals surface area (Å²) in [7, 11) is -4.79. The smallest absolute Gasteiger partial charge is 0.462 e. The SMILES string of the molecule is CC/C=C\C/C=C\C/C=C\C/C=C\C/C=C\CCCC(=O)OC(CO)COP(=O)(O)OCC(COC(=O)CCCCCCCCC/C=C\C/C=C\CCCCC)OC(=O)CCC/C=C\C/C=C\C/C=C\C/C=C\C/C=C\CC. The minimum absolute atomic E-state index is 0.0749. The summed E-state index contributed by atoms with van der Waals surface area (Å²) >= 11 is 0. The number of carbonyl (C=O) groups excluding carboxylic acids is 3. The van der Waals surface area contributed by atoms with E-state index in [1.807, 2.05) is 24.3 Å². The second kappa shape index (κ2) is 58.5. The molecule has 440 valence electrons. The van der Waals surface area contributed by atoms with Crippen molar-refractivity contribution < 1.29 is 52.2 Å². The molecule has 0 aromatic heterocycles. The average Bonchev–Trinajstić information content (AvgIpc) is 3.43. The molecule has 0 fully saturated rings. The van der Waals surface area contributed by atoms with Crippen LogP contribution in [0.4, 0.5) is 0 Å². The number of esters is 3. The summed E-state index contributed by atoms with van der Waals surface area (Å²) in [5.41, 5.74) is 0. The van der Waals surface area contributed by atoms with E-state index in [4.69, 9.17) is 23.3 Å². The second-order valence-electron chi connectivity index (χ2n) is 19.0. The number of hydrogen-bond acceptors (Lipinski definition) is 10. The molecule has 0 heterocycles. The first kappa shape index (κ1) is 73.4. The van der Waals surface area contributed by atoms with Gasteiger partial charge in [0.1, 0.15) is 12.7 Å². The van der Waals surface area contributed by atoms with E-state index in [9.17, 15) is 28.9 Å². The molecule has 0 amide bonds. The van der Waals surface area contributed by atoms with Gasteiger partial charge in [0.15, 0.2) is 6.10 Å². The predicted molar refractivity (Wildman–Crippen MR) is 325 cm³/mol. The van der Waals surface area contributed by atoms with Gasteiger partial charge >= 0.3 is 25.7 Å². The van der Waals surface area contributed by atoms with Crippen LogP contribution in [0.3, 0.4) is 0 Å². The molecule has 0 saturated carbocycles. The van der Waals surface area contributed by atoms with E-state index in [0.717, 1.165) is 103 Å². The van der Waals surface area contributed by atoms with Crippen molar-refractivity contribution in [1.29, 1.82) is 0 Å². The van der Waals surface area contributed by atoms with E-state index in [1.165, 1.54) is 38.5 Å². The highest BCUT2D eigenvalue weighted by atomic mass is 31.2. The summed E-state index contributed by atoms with van der Waals surface area (Å²) in [5.74, 6) is -1.62. The molecule has 3 atom stereocenters. The number of ether oxygens (including phenoxy) is 3. The van der Waals surface area contributed by atoms with Crippen molar-refractivity contribution in [2.24, 2.45) is 0 Å². The fraction of sp³-hybridized carbons (Fsp3) is 0.591. The first-order chi connectivity index (χ1) is 38.2. The summed E-state index contributed by atoms with van der Waals surface area (Å²) < 4.78 is 39.4. The molecular formula is C66H105O11P. The summed E-state index contributed by atoms with van der Waals surface area (Å²) in [6.45, 7) is 4.24. The van der Waals surface area contributed by atoms with Gasteiger partial charge in [-0.25, -0.2) is 4.57 Å². The zero-order chi connectivity index (χ0) is 56.9. The van der Waals surface area contributed by atoms with Gasteiger partial charge in [0, 0.05) is 19.3 Å². The van der Waals surface area contributed by atoms with Crippen LogP contribution in [0.15, 0.2) is 146 Å². The first-order valence-electron chi connectivity index (χ1n) is 29.7. The lowest BCUT2D eigenvalue weighted by atomic mass is 10.1. The van der Waals surface area contributed by atoms with Crippen molar-refractivity contribution in [1.82, 2.24) is 0 Å². The lowest BCUT2D eigenvalue weighted by molar-refractivity contribution is -0.161. The molecule has 11 nitrogen and oxygen atoms in total. The van der Waals surface area contributed by atoms with Crippen molar-refractivity contribution in [2.75, 3.05) is 26.4 Å². The molecule has 0 aliphatic rings. The fourth-order valence-electron chi connectivity index (χ4n) is 7.28. The van der Waals surface area contributed by atoms with Crippen LogP contribution in [0.25, 0.3) is 0 Å². The maximum Gasteiger partial charge on any atom is 0.472 e. The third-order valence-electron chi connectivity index (χ3n) is 11.7. The van der Waals surface area contributed by atoms with Gasteiger partial charge < -0.3 is 24.2 Å². The van der Waals surface area contributed by atoms with Gasteiger partial charge in [-0.3, -0.25) is 23.4 Å². The Labute approximate surface area is 473 Å². The number of rotatable bonds is 53. The average molecular weight is 1110 g/mol. The zero-order valence-electron chi connectivity index (χ0n) is 48.6. The number of phosphoric ester groups is 1. The van der Waals surface area contributed by atoms with Gasteiger partial charge in [0.2, 0.25) is 0 Å². The molecule has 0 aromatic carbocycles. The predicted octanol–water partition coefficient (Wildman–Crippen LogP) is 17.9. The lowest BCUT2D eigenvalue weighted by Crippen LogP contribution is -2.30. The molecule has 0 radical (unpaired) electrons. The molecule has 0 aliphatic heterocycles. The van der Waals surface area contributed by atoms with Crippen LogP contribution in [-0.4, -0.2) is 66.5 Å². The van der Waals surface area contributed by atoms with Crippen LogP contribution in [-0.2, 0) is 42.2 Å². The van der Waals surface area contributed by atoms with Crippen molar-refractivity contribution >= 4 is 25.7 Å². The van der Waals surface area contributed by atoms with Gasteiger partial charge in [-0.1, -0.05) is 212 Å². The fourth-order valence-corrected chi connectivity index (χ4v) is 8.06. The maximum atomic E-state index is 12.9. The van der Waals surface area contributed by atoms with E-state index >= 15 is 0 Å². The molecule has 0 aliphatic carbocycles. The molecule has 0 bridgehead atoms. The summed E-state index contributed by atoms with van der Waals surface area (Å²) in [4.78, 5) is 48.6. The van der Waals surface area contributed by atoms with Crippen LogP contribution >= 0.6 is 7.82 Å². The van der Waals surface area contributed by atoms with Crippen LogP contribution in [0.1, 0.15) is 213 Å². The number of carbonyl (C=O) groups is 3. The normalized spacial score (nSPS) is 14.4. The zero-order valence-corrected chi connectivity index (χ0v) is 49.5. The van der Waals surface area contributed by atoms with Crippen LogP contribution < -0.4 is 0 Å². The highest BCUT2D eigenvalue weighted by molar-refractivity contribution is 7.47. The number of hydrogen-bond donors (Lipinski definition) is 2. The molecule has 3 unspecified atom stereocenters. The van der Waals surface area contributed by atoms with Crippen molar-refractivity contribution in [3.63, 3.8) is 0 Å². The Bertz CT molecular complexity index is 1860. The molecule has 0 rings (SSSR count). The van der Waals surface area contributed by atoms with Crippen molar-refractivity contribution in [3.8, 4) is 0 Å². The van der Waals surface area contributed by atoms with Gasteiger partial charge in [0.05, 0.1) is 19.8 Å². The van der Waals surface area contributed by atoms with Gasteiger partial charge in [-0.2, -0.15) is 0 Å². The Morgan fingerprint density at radius 1 is 0.372 bits per heavy atom. The molecule has 0 saturated heterocycles. The molecule has 12 heteroatoms. The Hall–Kier alpha value is -4.64. The Kier molecular flexibility index (Phi) is 55.0. The Morgan fingerprint density at radius 2 is 0.679 bits per heavy atom. The van der Waals surface area contributed by atoms with Gasteiger partial charge in [-0.15, -0.1) is 0 Å². The van der Waals surface area contributed by atoms with E-state index in [1.54, 1.807) is 0 Å². The number of allylic oxidation sites excluding steroid dienone is 24. The van der Waals surface area contributed by atoms with E-state index < -0.39 is 57.8 Å². The van der Waals surface area contributed by atoms with E-state index in [0.29, 0.717) is 32.1 Å². The third-order valence-corrected chi connectivity index (χ3v) is 12.7. The van der Waals surface area contributed by atoms with E-state index in [2.05, 4.69) is 142 Å². The minimum Gasteiger partial charge on any atom is -0.462 e. The molecule has 2 N–H and O–H groups in total. The number of unbranched alkanes of at least 4 members (excludes halogenated alkanes) is 12. The highest BCUT2D eigenvalue weighted by Gasteiger charge is 2.28. The quantitative estimate of drug-likeness (QED) is 0.0197. The van der Waals surface area contributed by atoms with Gasteiger partial charge in [-0.05, 0) is 128 Å². The number of aliphatic hydroxyl groups excluding tert-OH is 1. The van der Waals surface area contributed by atoms with Crippen molar-refractivity contribution in [3.05, 3.63) is 146 Å². The maximum absolute atomic E-state index is 12.9. The second-order valence-corrected chi connectivity index (χ2v) is 20.5. The summed E-state index contributed by atoms with van der Waals surface area (Å²) in [6.07, 6.45) is 75.3. The standard InChI is InChI=1S/C66H105O11P/c1-4-7-10-13-16-19-22-25-28-31-34-37-40-43-46-49-52-55-64(68)73-59-63(77-66(70)57-54-51-48-45-42-39-36-33-30-27-24-21-18-15-12-9-6-3)61-75-78(71,72)74-60-62(58-67)76-65(69)56-53-50-47-44-41-38-35-32-29-26-23-20-17-14-11-8-5-2/h8-9,11-12,16-21,25-30,35-36,38-39,44-45,47-48,62-63,67H,4-7,10,13-15,22-24,31-34,37,40-43,46,49-61H2,1-3H3,(H,71,72)/b11-8-,12-9-,19-16-,20-17-,21-18-,28-25-,29-26-,30-27-,38-35-,39-36-,47-44-,48-45-. The number of phosphoric acid groups is 1. The Morgan fingerprint density at radius 3 is 1.06 bits per heavy atom. The van der Waals surface area contributed by atoms with Gasteiger partial charge in [0.25, 0.3) is 0 Å². The number of aliphatic hydroxyl groups is 1. The first-order valence-corrected chi connectivity index (χ1v) is 31.2. The lowest BCUT2D eigenvalue weighted by Gasteiger charge is -2.21. The Balaban J connectivity index is 4.89. The van der Waals surface area contributed by atoms with Crippen LogP contribution in [0, 0.1) is 0 Å². The van der Waals surface area contributed by atoms with Crippen molar-refractivity contribution in [2.45, 2.75) is 226 Å². The van der Waals surface area contributed by atoms with Crippen LogP contribution in [0.5, 0.6) is 0 Å². The summed E-state index contributed by atoms with van der Waals surface area (Å²) in [6, 6.07) is 0. The topological polar surface area (TPSA) is 155 Å². The molecule has 0 spiro atoms. The minimum atomic E-state index is -4.79. The largest absolute Gasteiger partial charge is 0.472 e.